The van der Waals surface area contributed by atoms with E-state index in [9.17, 15) is 8.42 Å². The summed E-state index contributed by atoms with van der Waals surface area (Å²) in [7, 11) is 1.58. The lowest BCUT2D eigenvalue weighted by atomic mass is 10.2. The molecular formula is C15H10Cl2N2O2S. The fourth-order valence-corrected chi connectivity index (χ4v) is 2.90. The van der Waals surface area contributed by atoms with Crippen LogP contribution in [0.2, 0.25) is 5.02 Å². The SMILES string of the molecule is O=S(=O)(Cl)c1ccc(-n2ccc(-c3ccc(Cl)cc3)n2)cc1. The number of nitrogens with zero attached hydrogens (tertiary/aromatic N) is 2. The highest BCUT2D eigenvalue weighted by Crippen LogP contribution is 2.22. The van der Waals surface area contributed by atoms with Gasteiger partial charge in [0.15, 0.2) is 0 Å². The molecule has 0 saturated carbocycles. The Hall–Kier alpha value is -1.82. The van der Waals surface area contributed by atoms with Crippen LogP contribution >= 0.6 is 22.3 Å². The molecule has 0 atom stereocenters. The molecule has 0 aliphatic heterocycles. The minimum absolute atomic E-state index is 0.0583. The van der Waals surface area contributed by atoms with Gasteiger partial charge in [-0.05, 0) is 42.5 Å². The highest BCUT2D eigenvalue weighted by molar-refractivity contribution is 8.13. The van der Waals surface area contributed by atoms with Crippen LogP contribution in [-0.2, 0) is 9.05 Å². The molecule has 0 spiro atoms. The molecule has 0 saturated heterocycles. The molecule has 112 valence electrons. The Kier molecular flexibility index (Phi) is 3.95. The van der Waals surface area contributed by atoms with Crippen LogP contribution in [0.5, 0.6) is 0 Å². The number of benzene rings is 2. The van der Waals surface area contributed by atoms with Gasteiger partial charge < -0.3 is 0 Å². The van der Waals surface area contributed by atoms with Gasteiger partial charge >= 0.3 is 0 Å². The van der Waals surface area contributed by atoms with Crippen LogP contribution in [0.3, 0.4) is 0 Å². The molecule has 0 unspecified atom stereocenters. The molecule has 3 aromatic rings. The Bertz CT molecular complexity index is 901. The van der Waals surface area contributed by atoms with E-state index in [0.29, 0.717) is 5.02 Å². The highest BCUT2D eigenvalue weighted by Gasteiger charge is 2.10. The molecule has 0 radical (unpaired) electrons. The lowest BCUT2D eigenvalue weighted by Crippen LogP contribution is -1.96. The van der Waals surface area contributed by atoms with Crippen molar-refractivity contribution in [3.8, 4) is 16.9 Å². The normalized spacial score (nSPS) is 11.5. The molecule has 0 fully saturated rings. The van der Waals surface area contributed by atoms with Crippen molar-refractivity contribution in [2.45, 2.75) is 4.90 Å². The molecular weight excluding hydrogens is 343 g/mol. The van der Waals surface area contributed by atoms with Crippen LogP contribution in [0, 0.1) is 0 Å². The number of hydrogen-bond acceptors (Lipinski definition) is 3. The van der Waals surface area contributed by atoms with Gasteiger partial charge in [-0.3, -0.25) is 0 Å². The summed E-state index contributed by atoms with van der Waals surface area (Å²) in [4.78, 5) is 0.0583. The van der Waals surface area contributed by atoms with E-state index in [4.69, 9.17) is 22.3 Å². The van der Waals surface area contributed by atoms with Gasteiger partial charge in [0.1, 0.15) is 0 Å². The fraction of sp³-hybridized carbons (Fsp3) is 0. The first kappa shape index (κ1) is 15.1. The van der Waals surface area contributed by atoms with E-state index in [1.165, 1.54) is 12.1 Å². The minimum Gasteiger partial charge on any atom is -0.240 e. The first-order valence-corrected chi connectivity index (χ1v) is 8.99. The summed E-state index contributed by atoms with van der Waals surface area (Å²) in [6.45, 7) is 0. The standard InChI is InChI=1S/C15H10Cl2N2O2S/c16-12-3-1-11(2-4-12)15-9-10-19(18-15)13-5-7-14(8-6-13)22(17,20)21/h1-10H. The molecule has 0 amide bonds. The predicted molar refractivity (Wildman–Crippen MR) is 87.0 cm³/mol. The van der Waals surface area contributed by atoms with Crippen LogP contribution in [0.15, 0.2) is 65.7 Å². The van der Waals surface area contributed by atoms with Crippen molar-refractivity contribution < 1.29 is 8.42 Å². The Balaban J connectivity index is 1.92. The zero-order valence-electron chi connectivity index (χ0n) is 11.1. The third kappa shape index (κ3) is 3.16. The third-order valence-electron chi connectivity index (χ3n) is 3.11. The molecule has 0 aliphatic carbocycles. The summed E-state index contributed by atoms with van der Waals surface area (Å²) in [5.41, 5.74) is 2.48. The summed E-state index contributed by atoms with van der Waals surface area (Å²) in [6.07, 6.45) is 1.80. The number of halogens is 2. The van der Waals surface area contributed by atoms with E-state index in [2.05, 4.69) is 5.10 Å². The van der Waals surface area contributed by atoms with Crippen molar-refractivity contribution in [1.29, 1.82) is 0 Å². The average molecular weight is 353 g/mol. The van der Waals surface area contributed by atoms with Crippen LogP contribution in [0.1, 0.15) is 0 Å². The van der Waals surface area contributed by atoms with Gasteiger partial charge in [0.2, 0.25) is 0 Å². The fourth-order valence-electron chi connectivity index (χ4n) is 2.00. The second kappa shape index (κ2) is 5.76. The maximum Gasteiger partial charge on any atom is 0.261 e. The van der Waals surface area contributed by atoms with Crippen molar-refractivity contribution in [2.75, 3.05) is 0 Å². The zero-order chi connectivity index (χ0) is 15.7. The molecule has 2 aromatic carbocycles. The number of hydrogen-bond donors (Lipinski definition) is 0. The maximum absolute atomic E-state index is 11.2. The molecule has 0 N–H and O–H groups in total. The monoisotopic (exact) mass is 352 g/mol. The number of aromatic nitrogens is 2. The van der Waals surface area contributed by atoms with Gasteiger partial charge in [-0.2, -0.15) is 5.10 Å². The quantitative estimate of drug-likeness (QED) is 0.666. The van der Waals surface area contributed by atoms with E-state index in [-0.39, 0.29) is 4.90 Å². The Morgan fingerprint density at radius 2 is 1.55 bits per heavy atom. The van der Waals surface area contributed by atoms with E-state index in [1.807, 2.05) is 18.2 Å². The van der Waals surface area contributed by atoms with Gasteiger partial charge in [0.25, 0.3) is 9.05 Å². The van der Waals surface area contributed by atoms with E-state index >= 15 is 0 Å². The van der Waals surface area contributed by atoms with Gasteiger partial charge in [-0.1, -0.05) is 23.7 Å². The van der Waals surface area contributed by atoms with E-state index in [0.717, 1.165) is 16.9 Å². The van der Waals surface area contributed by atoms with Crippen molar-refractivity contribution in [3.63, 3.8) is 0 Å². The van der Waals surface area contributed by atoms with Gasteiger partial charge in [-0.25, -0.2) is 13.1 Å². The third-order valence-corrected chi connectivity index (χ3v) is 4.73. The summed E-state index contributed by atoms with van der Waals surface area (Å²) < 4.78 is 24.1. The van der Waals surface area contributed by atoms with Gasteiger partial charge in [0.05, 0.1) is 16.3 Å². The molecule has 1 aromatic heterocycles. The van der Waals surface area contributed by atoms with E-state index in [1.54, 1.807) is 35.1 Å². The topological polar surface area (TPSA) is 52.0 Å². The van der Waals surface area contributed by atoms with Crippen LogP contribution in [0.25, 0.3) is 16.9 Å². The first-order chi connectivity index (χ1) is 10.4. The zero-order valence-corrected chi connectivity index (χ0v) is 13.5. The molecule has 0 bridgehead atoms. The second-order valence-electron chi connectivity index (χ2n) is 4.58. The Morgan fingerprint density at radius 3 is 2.14 bits per heavy atom. The average Bonchev–Trinajstić information content (AvgIpc) is 2.97. The smallest absolute Gasteiger partial charge is 0.240 e. The second-order valence-corrected chi connectivity index (χ2v) is 7.59. The molecule has 7 heteroatoms. The summed E-state index contributed by atoms with van der Waals surface area (Å²) >= 11 is 5.87. The lowest BCUT2D eigenvalue weighted by Gasteiger charge is -2.02. The lowest BCUT2D eigenvalue weighted by molar-refractivity contribution is 0.609. The summed E-state index contributed by atoms with van der Waals surface area (Å²) in [5.74, 6) is 0. The largest absolute Gasteiger partial charge is 0.261 e. The molecule has 22 heavy (non-hydrogen) atoms. The highest BCUT2D eigenvalue weighted by atomic mass is 35.7. The van der Waals surface area contributed by atoms with Crippen molar-refractivity contribution in [3.05, 3.63) is 65.8 Å². The molecule has 1 heterocycles. The van der Waals surface area contributed by atoms with Crippen LogP contribution < -0.4 is 0 Å². The molecule has 4 nitrogen and oxygen atoms in total. The minimum atomic E-state index is -3.71. The Labute approximate surface area is 137 Å². The van der Waals surface area contributed by atoms with Crippen LogP contribution in [0.4, 0.5) is 0 Å². The van der Waals surface area contributed by atoms with Crippen molar-refractivity contribution in [1.82, 2.24) is 9.78 Å². The molecule has 3 rings (SSSR count). The van der Waals surface area contributed by atoms with Crippen molar-refractivity contribution >= 4 is 31.3 Å². The summed E-state index contributed by atoms with van der Waals surface area (Å²) in [6, 6.07) is 15.4. The maximum atomic E-state index is 11.2. The van der Waals surface area contributed by atoms with Gasteiger partial charge in [0, 0.05) is 27.5 Å². The van der Waals surface area contributed by atoms with Gasteiger partial charge in [-0.15, -0.1) is 0 Å². The first-order valence-electron chi connectivity index (χ1n) is 6.30. The van der Waals surface area contributed by atoms with Crippen molar-refractivity contribution in [2.24, 2.45) is 0 Å². The molecule has 0 aliphatic rings. The van der Waals surface area contributed by atoms with Crippen LogP contribution in [-0.4, -0.2) is 18.2 Å². The predicted octanol–water partition coefficient (Wildman–Crippen LogP) is 4.12. The van der Waals surface area contributed by atoms with E-state index < -0.39 is 9.05 Å². The Morgan fingerprint density at radius 1 is 0.909 bits per heavy atom. The summed E-state index contributed by atoms with van der Waals surface area (Å²) in [5, 5.41) is 5.13. The number of rotatable bonds is 3.